The number of hydrogen-bond donors (Lipinski definition) is 2. The number of anilines is 3. The molecule has 1 aliphatic rings. The van der Waals surface area contributed by atoms with Gasteiger partial charge in [-0.25, -0.2) is 9.00 Å². The average Bonchev–Trinajstić information content (AvgIpc) is 3.20. The molecule has 2 heterocycles. The number of aromatic nitrogens is 1. The molecule has 8 nitrogen and oxygen atoms in total. The van der Waals surface area contributed by atoms with Gasteiger partial charge in [-0.3, -0.25) is 19.0 Å². The molecule has 2 amide bonds. The highest BCUT2D eigenvalue weighted by atomic mass is 35.5. The van der Waals surface area contributed by atoms with Crippen LogP contribution < -0.4 is 14.5 Å². The summed E-state index contributed by atoms with van der Waals surface area (Å²) in [5, 5.41) is 12.8. The highest BCUT2D eigenvalue weighted by molar-refractivity contribution is 7.86. The van der Waals surface area contributed by atoms with E-state index in [9.17, 15) is 18.9 Å². The Hall–Kier alpha value is -3.14. The van der Waals surface area contributed by atoms with E-state index in [1.54, 1.807) is 47.6 Å². The third-order valence-electron chi connectivity index (χ3n) is 4.94. The number of amides is 2. The van der Waals surface area contributed by atoms with E-state index >= 15 is 0 Å². The summed E-state index contributed by atoms with van der Waals surface area (Å²) >= 11 is 12.1. The molecule has 170 valence electrons. The number of carboxylic acid groups (broad SMARTS) is 1. The minimum absolute atomic E-state index is 0.285. The monoisotopic (exact) mass is 504 g/mol. The lowest BCUT2D eigenvalue weighted by Gasteiger charge is -2.23. The van der Waals surface area contributed by atoms with Crippen LogP contribution in [0.5, 0.6) is 0 Å². The number of nitrogens with zero attached hydrogens (tertiary/aromatic N) is 3. The SMILES string of the molecule is O=C(O)CN(c1ccc2c(c1)CCN2C(=O)Nc1ccncc1)S(=O)c1cc(Cl)cc(Cl)c1. The lowest BCUT2D eigenvalue weighted by Crippen LogP contribution is -2.33. The van der Waals surface area contributed by atoms with Crippen molar-refractivity contribution in [1.82, 2.24) is 4.98 Å². The van der Waals surface area contributed by atoms with Crippen LogP contribution in [0.1, 0.15) is 5.56 Å². The molecule has 0 radical (unpaired) electrons. The fourth-order valence-electron chi connectivity index (χ4n) is 3.51. The third kappa shape index (κ3) is 5.27. The molecule has 0 saturated carbocycles. The molecule has 0 spiro atoms. The predicted molar refractivity (Wildman–Crippen MR) is 129 cm³/mol. The molecule has 0 fully saturated rings. The third-order valence-corrected chi connectivity index (χ3v) is 6.76. The predicted octanol–water partition coefficient (Wildman–Crippen LogP) is 4.60. The number of rotatable bonds is 6. The number of aliphatic carboxylic acids is 1. The standard InChI is InChI=1S/C22H18Cl2N4O4S/c23-15-10-16(24)12-19(11-15)33(32)28(13-21(29)30)18-1-2-20-14(9-18)5-8-27(20)22(31)26-17-3-6-25-7-4-17/h1-4,6-7,9-12H,5,8,13H2,(H,29,30)(H,25,26,31). The molecule has 2 aromatic carbocycles. The van der Waals surface area contributed by atoms with Crippen LogP contribution >= 0.6 is 23.2 Å². The van der Waals surface area contributed by atoms with Gasteiger partial charge in [0.25, 0.3) is 0 Å². The smallest absolute Gasteiger partial charge is 0.326 e. The van der Waals surface area contributed by atoms with Crippen molar-refractivity contribution in [3.63, 3.8) is 0 Å². The Morgan fingerprint density at radius 3 is 2.45 bits per heavy atom. The first-order valence-electron chi connectivity index (χ1n) is 9.80. The molecule has 1 aromatic heterocycles. The summed E-state index contributed by atoms with van der Waals surface area (Å²) in [7, 11) is -1.87. The van der Waals surface area contributed by atoms with E-state index in [0.29, 0.717) is 40.1 Å². The van der Waals surface area contributed by atoms with Crippen LogP contribution in [0.15, 0.2) is 65.8 Å². The molecule has 0 aliphatic carbocycles. The number of halogens is 2. The fraction of sp³-hybridized carbons (Fsp3) is 0.136. The Morgan fingerprint density at radius 2 is 1.79 bits per heavy atom. The Kier molecular flexibility index (Phi) is 6.83. The van der Waals surface area contributed by atoms with Crippen LogP contribution in [0.2, 0.25) is 10.0 Å². The molecular weight excluding hydrogens is 487 g/mol. The van der Waals surface area contributed by atoms with Gasteiger partial charge < -0.3 is 10.4 Å². The maximum atomic E-state index is 13.2. The van der Waals surface area contributed by atoms with Gasteiger partial charge >= 0.3 is 12.0 Å². The average molecular weight is 505 g/mol. The van der Waals surface area contributed by atoms with E-state index in [4.69, 9.17) is 23.2 Å². The zero-order valence-corrected chi connectivity index (χ0v) is 19.4. The molecule has 33 heavy (non-hydrogen) atoms. The first kappa shape index (κ1) is 23.0. The van der Waals surface area contributed by atoms with Gasteiger partial charge in [0.1, 0.15) is 6.54 Å². The first-order chi connectivity index (χ1) is 15.8. The van der Waals surface area contributed by atoms with E-state index < -0.39 is 23.5 Å². The summed E-state index contributed by atoms with van der Waals surface area (Å²) < 4.78 is 14.5. The highest BCUT2D eigenvalue weighted by Gasteiger charge is 2.27. The van der Waals surface area contributed by atoms with Crippen molar-refractivity contribution in [1.29, 1.82) is 0 Å². The van der Waals surface area contributed by atoms with Gasteiger partial charge in [-0.2, -0.15) is 0 Å². The number of nitrogens with one attached hydrogen (secondary N) is 1. The maximum absolute atomic E-state index is 13.2. The van der Waals surface area contributed by atoms with Crippen molar-refractivity contribution in [3.05, 3.63) is 76.5 Å². The Labute approximate surface area is 202 Å². The second kappa shape index (κ2) is 9.78. The Bertz CT molecular complexity index is 1220. The van der Waals surface area contributed by atoms with Crippen molar-refractivity contribution in [3.8, 4) is 0 Å². The fourth-order valence-corrected chi connectivity index (χ4v) is 5.40. The Balaban J connectivity index is 1.61. The molecule has 11 heteroatoms. The van der Waals surface area contributed by atoms with Gasteiger partial charge in [-0.15, -0.1) is 0 Å². The summed E-state index contributed by atoms with van der Waals surface area (Å²) in [6, 6.07) is 12.7. The summed E-state index contributed by atoms with van der Waals surface area (Å²) in [6.07, 6.45) is 3.75. The summed E-state index contributed by atoms with van der Waals surface area (Å²) in [4.78, 5) is 30.1. The zero-order chi connectivity index (χ0) is 23.5. The van der Waals surface area contributed by atoms with Crippen LogP contribution in [0.3, 0.4) is 0 Å². The maximum Gasteiger partial charge on any atom is 0.326 e. The van der Waals surface area contributed by atoms with Crippen molar-refractivity contribution >= 4 is 63.3 Å². The summed E-state index contributed by atoms with van der Waals surface area (Å²) in [5.41, 5.74) is 2.62. The van der Waals surface area contributed by atoms with Gasteiger partial charge in [-0.05, 0) is 60.5 Å². The molecular formula is C22H18Cl2N4O4S. The van der Waals surface area contributed by atoms with E-state index in [1.807, 2.05) is 0 Å². The van der Waals surface area contributed by atoms with Crippen molar-refractivity contribution in [2.24, 2.45) is 0 Å². The van der Waals surface area contributed by atoms with Crippen LogP contribution in [0.4, 0.5) is 21.9 Å². The first-order valence-corrected chi connectivity index (χ1v) is 11.7. The number of carbonyl (C=O) groups is 2. The number of pyridine rings is 1. The Morgan fingerprint density at radius 1 is 1.09 bits per heavy atom. The topological polar surface area (TPSA) is 103 Å². The lowest BCUT2D eigenvalue weighted by atomic mass is 10.1. The number of carboxylic acids is 1. The van der Waals surface area contributed by atoms with E-state index in [1.165, 1.54) is 22.5 Å². The van der Waals surface area contributed by atoms with Gasteiger partial charge in [0, 0.05) is 40.4 Å². The molecule has 3 aromatic rings. The van der Waals surface area contributed by atoms with Gasteiger partial charge in [0.2, 0.25) is 0 Å². The van der Waals surface area contributed by atoms with Gasteiger partial charge in [0.15, 0.2) is 11.0 Å². The van der Waals surface area contributed by atoms with E-state index in [-0.39, 0.29) is 10.9 Å². The van der Waals surface area contributed by atoms with E-state index in [2.05, 4.69) is 10.3 Å². The molecule has 0 saturated heterocycles. The lowest BCUT2D eigenvalue weighted by molar-refractivity contribution is -0.135. The molecule has 1 aliphatic heterocycles. The van der Waals surface area contributed by atoms with Crippen LogP contribution in [0.25, 0.3) is 0 Å². The van der Waals surface area contributed by atoms with Crippen LogP contribution in [0, 0.1) is 0 Å². The number of fused-ring (bicyclic) bond motifs is 1. The second-order valence-corrected chi connectivity index (χ2v) is 9.45. The molecule has 4 rings (SSSR count). The number of hydrogen-bond acceptors (Lipinski definition) is 4. The molecule has 0 bridgehead atoms. The van der Waals surface area contributed by atoms with Gasteiger partial charge in [-0.1, -0.05) is 23.2 Å². The van der Waals surface area contributed by atoms with Crippen LogP contribution in [-0.4, -0.2) is 39.4 Å². The number of benzene rings is 2. The van der Waals surface area contributed by atoms with Crippen molar-refractivity contribution in [2.75, 3.05) is 27.6 Å². The number of carbonyl (C=O) groups excluding carboxylic acids is 1. The van der Waals surface area contributed by atoms with Crippen molar-refractivity contribution in [2.45, 2.75) is 11.3 Å². The number of urea groups is 1. The van der Waals surface area contributed by atoms with E-state index in [0.717, 1.165) is 5.56 Å². The summed E-state index contributed by atoms with van der Waals surface area (Å²) in [5.74, 6) is -1.14. The quantitative estimate of drug-likeness (QED) is 0.510. The summed E-state index contributed by atoms with van der Waals surface area (Å²) in [6.45, 7) is -0.0383. The second-order valence-electron chi connectivity index (χ2n) is 7.17. The van der Waals surface area contributed by atoms with Gasteiger partial charge in [0.05, 0.1) is 10.6 Å². The minimum Gasteiger partial charge on any atom is -0.480 e. The molecule has 1 atom stereocenters. The molecule has 1 unspecified atom stereocenters. The normalized spacial score (nSPS) is 13.3. The minimum atomic E-state index is -1.87. The highest BCUT2D eigenvalue weighted by Crippen LogP contribution is 2.34. The van der Waals surface area contributed by atoms with Crippen LogP contribution in [-0.2, 0) is 22.2 Å². The largest absolute Gasteiger partial charge is 0.480 e. The van der Waals surface area contributed by atoms with Crippen molar-refractivity contribution < 1.29 is 18.9 Å². The molecule has 2 N–H and O–H groups in total. The zero-order valence-electron chi connectivity index (χ0n) is 17.1.